The fourth-order valence-corrected chi connectivity index (χ4v) is 9.40. The van der Waals surface area contributed by atoms with E-state index in [9.17, 15) is 25.1 Å². The van der Waals surface area contributed by atoms with Crippen LogP contribution < -0.4 is 9.47 Å². The van der Waals surface area contributed by atoms with Crippen LogP contribution in [0.5, 0.6) is 17.2 Å². The van der Waals surface area contributed by atoms with Crippen LogP contribution in [0.1, 0.15) is 110 Å². The number of nitro benzene ring substituents is 1. The predicted molar refractivity (Wildman–Crippen MR) is 231 cm³/mol. The molecular formula is C47H65N3O11. The van der Waals surface area contributed by atoms with E-state index in [-0.39, 0.29) is 61.7 Å². The minimum atomic E-state index is -1.44. The maximum Gasteiger partial charge on any atom is 0.410 e. The van der Waals surface area contributed by atoms with Gasteiger partial charge < -0.3 is 38.7 Å². The normalized spacial score (nSPS) is 26.3. The second-order valence-electron chi connectivity index (χ2n) is 17.8. The summed E-state index contributed by atoms with van der Waals surface area (Å²) in [4.78, 5) is 33.6. The second-order valence-corrected chi connectivity index (χ2v) is 17.8. The molecule has 334 valence electrons. The van der Waals surface area contributed by atoms with Gasteiger partial charge in [0, 0.05) is 50.1 Å². The highest BCUT2D eigenvalue weighted by Crippen LogP contribution is 2.62. The molecule has 0 bridgehead atoms. The van der Waals surface area contributed by atoms with Gasteiger partial charge in [0.05, 0.1) is 42.4 Å². The lowest BCUT2D eigenvalue weighted by Gasteiger charge is -2.60. The van der Waals surface area contributed by atoms with Gasteiger partial charge in [0.1, 0.15) is 23.3 Å². The van der Waals surface area contributed by atoms with Crippen LogP contribution in [0.15, 0.2) is 71.9 Å². The number of oxime groups is 1. The van der Waals surface area contributed by atoms with Crippen molar-refractivity contribution in [3.05, 3.63) is 82.4 Å². The minimum absolute atomic E-state index is 0.00326. The lowest BCUT2D eigenvalue weighted by molar-refractivity contribution is -0.384. The number of aliphatic hydroxyl groups is 2. The van der Waals surface area contributed by atoms with E-state index in [1.165, 1.54) is 12.1 Å². The molecule has 61 heavy (non-hydrogen) atoms. The number of unbranched alkanes of at least 4 members (excludes halogenated alkanes) is 2. The first-order valence-electron chi connectivity index (χ1n) is 22.1. The molecule has 0 radical (unpaired) electrons. The molecule has 2 heterocycles. The molecule has 4 aliphatic rings. The largest absolute Gasteiger partial charge is 0.459 e. The van der Waals surface area contributed by atoms with Crippen molar-refractivity contribution in [2.45, 2.75) is 122 Å². The van der Waals surface area contributed by atoms with Crippen molar-refractivity contribution in [1.82, 2.24) is 4.90 Å². The molecule has 2 N–H and O–H groups in total. The van der Waals surface area contributed by atoms with Crippen LogP contribution in [0.25, 0.3) is 0 Å². The predicted octanol–water partition coefficient (Wildman–Crippen LogP) is 9.44. The Morgan fingerprint density at radius 3 is 2.54 bits per heavy atom. The van der Waals surface area contributed by atoms with Gasteiger partial charge in [0.15, 0.2) is 0 Å². The van der Waals surface area contributed by atoms with Crippen LogP contribution >= 0.6 is 0 Å². The van der Waals surface area contributed by atoms with Crippen molar-refractivity contribution in [2.24, 2.45) is 28.3 Å². The lowest BCUT2D eigenvalue weighted by atomic mass is 9.55. The molecule has 0 spiro atoms. The van der Waals surface area contributed by atoms with Crippen molar-refractivity contribution in [3.8, 4) is 17.2 Å². The molecule has 1 saturated carbocycles. The molecule has 1 unspecified atom stereocenters. The van der Waals surface area contributed by atoms with Crippen LogP contribution in [-0.4, -0.2) is 89.5 Å². The van der Waals surface area contributed by atoms with E-state index >= 15 is 0 Å². The molecule has 2 aliphatic heterocycles. The Morgan fingerprint density at radius 1 is 1.08 bits per heavy atom. The molecule has 2 fully saturated rings. The maximum atomic E-state index is 14.5. The lowest BCUT2D eigenvalue weighted by Crippen LogP contribution is -2.70. The summed E-state index contributed by atoms with van der Waals surface area (Å²) in [5.41, 5.74) is 2.08. The highest BCUT2D eigenvalue weighted by molar-refractivity contribution is 6.03. The maximum absolute atomic E-state index is 14.5. The Labute approximate surface area is 360 Å². The number of non-ortho nitro benzene ring substituents is 1. The zero-order valence-corrected chi connectivity index (χ0v) is 36.3. The number of hydrogen-bond donors (Lipinski definition) is 2. The summed E-state index contributed by atoms with van der Waals surface area (Å²) in [6.45, 7) is 13.5. The number of carbonyl (C=O) groups excluding carboxylic acids is 1. The quantitative estimate of drug-likeness (QED) is 0.0563. The van der Waals surface area contributed by atoms with Crippen molar-refractivity contribution in [1.29, 1.82) is 0 Å². The molecule has 1 saturated heterocycles. The number of amides is 1. The third-order valence-corrected chi connectivity index (χ3v) is 12.0. The van der Waals surface area contributed by atoms with Gasteiger partial charge in [0.25, 0.3) is 5.69 Å². The van der Waals surface area contributed by atoms with E-state index in [1.54, 1.807) is 29.2 Å². The summed E-state index contributed by atoms with van der Waals surface area (Å²) in [5.74, 6) is -0.867. The Balaban J connectivity index is 1.57. The molecule has 2 aromatic rings. The zero-order valence-electron chi connectivity index (χ0n) is 36.3. The Morgan fingerprint density at radius 2 is 1.85 bits per heavy atom. The molecule has 0 aromatic heterocycles. The van der Waals surface area contributed by atoms with Crippen molar-refractivity contribution in [3.63, 3.8) is 0 Å². The van der Waals surface area contributed by atoms with Gasteiger partial charge >= 0.3 is 6.09 Å². The van der Waals surface area contributed by atoms with E-state index in [1.807, 2.05) is 39.8 Å². The van der Waals surface area contributed by atoms with Gasteiger partial charge in [-0.25, -0.2) is 4.79 Å². The first kappa shape index (κ1) is 46.0. The van der Waals surface area contributed by atoms with Crippen LogP contribution in [0.4, 0.5) is 10.5 Å². The summed E-state index contributed by atoms with van der Waals surface area (Å²) < 4.78 is 32.7. The van der Waals surface area contributed by atoms with Gasteiger partial charge in [0.2, 0.25) is 12.1 Å². The average molecular weight is 848 g/mol. The summed E-state index contributed by atoms with van der Waals surface area (Å²) in [6, 6.07) is 10.9. The molecule has 6 rings (SSSR count). The Hall–Kier alpha value is -4.50. The number of fused-ring (bicyclic) bond motifs is 2. The Bertz CT molecular complexity index is 1870. The monoisotopic (exact) mass is 847 g/mol. The zero-order chi connectivity index (χ0) is 43.6. The Kier molecular flexibility index (Phi) is 15.9. The number of aliphatic hydroxyl groups excluding tert-OH is 2. The van der Waals surface area contributed by atoms with E-state index in [0.717, 1.165) is 49.7 Å². The molecule has 2 aromatic carbocycles. The summed E-state index contributed by atoms with van der Waals surface area (Å²) in [5, 5.41) is 36.4. The van der Waals surface area contributed by atoms with Gasteiger partial charge in [-0.3, -0.25) is 15.0 Å². The van der Waals surface area contributed by atoms with Crippen molar-refractivity contribution < 1.29 is 48.5 Å². The van der Waals surface area contributed by atoms with Gasteiger partial charge in [-0.05, 0) is 92.0 Å². The summed E-state index contributed by atoms with van der Waals surface area (Å²) >= 11 is 0. The second kappa shape index (κ2) is 21.0. The highest BCUT2D eigenvalue weighted by atomic mass is 16.8. The van der Waals surface area contributed by atoms with Gasteiger partial charge in [-0.1, -0.05) is 63.9 Å². The molecule has 2 aliphatic carbocycles. The standard InChI is InChI=1S/C47H65N3O11/c1-6-22-49(45(53)57-31-46(3,4)5)41-30-39(48-61-42-19-10-13-26-56-42)37-27-32(15-8-11-23-51)36(18-9-12-24-52)43-38-29-35(59-34-17-14-16-33(28-34)50(54)55)20-21-40(38)60-47(41,44(37)43)58-25-7-2/h7,14,16-17,20-21,27-29,32,36,41-44,51-52H,2,6,8-13,15,18-19,22-26,30-31H2,1,3-5H3/t32-,36+,41-,42?,43+,44+,47+/m0/s1. The van der Waals surface area contributed by atoms with Gasteiger partial charge in [-0.2, -0.15) is 0 Å². The molecule has 14 heteroatoms. The fourth-order valence-electron chi connectivity index (χ4n) is 9.40. The number of hydrogen-bond acceptors (Lipinski definition) is 12. The number of allylic oxidation sites excluding steroid dienone is 1. The SMILES string of the molecule is C=CCO[C@@]12Oc3ccc(Oc4cccc([N+](=O)[O-])c4)cc3[C@H]3[C@H](CCCCO)[C@@H](CCCCO)C=C(C(=NOC4CCCCO4)C[C@@H]1N(CCC)C(=O)OCC(C)(C)C)[C@H]32. The number of carbonyl (C=O) groups is 1. The average Bonchev–Trinajstić information content (AvgIpc) is 3.25. The van der Waals surface area contributed by atoms with E-state index in [0.29, 0.717) is 61.8 Å². The number of benzene rings is 2. The van der Waals surface area contributed by atoms with E-state index in [2.05, 4.69) is 12.7 Å². The fraction of sp³-hybridized carbons (Fsp3) is 0.617. The number of ether oxygens (including phenoxy) is 5. The molecular weight excluding hydrogens is 783 g/mol. The molecule has 7 atom stereocenters. The third kappa shape index (κ3) is 10.9. The minimum Gasteiger partial charge on any atom is -0.459 e. The first-order chi connectivity index (χ1) is 29.4. The number of nitro groups is 1. The smallest absolute Gasteiger partial charge is 0.410 e. The van der Waals surface area contributed by atoms with Gasteiger partial charge in [-0.15, -0.1) is 6.58 Å². The topological polar surface area (TPSA) is 172 Å². The third-order valence-electron chi connectivity index (χ3n) is 12.0. The highest BCUT2D eigenvalue weighted by Gasteiger charge is 2.65. The van der Waals surface area contributed by atoms with E-state index in [4.69, 9.17) is 33.7 Å². The van der Waals surface area contributed by atoms with Crippen LogP contribution in [0.2, 0.25) is 0 Å². The van der Waals surface area contributed by atoms with Crippen molar-refractivity contribution in [2.75, 3.05) is 39.6 Å². The number of nitrogens with zero attached hydrogens (tertiary/aromatic N) is 3. The van der Waals surface area contributed by atoms with Crippen molar-refractivity contribution >= 4 is 17.5 Å². The summed E-state index contributed by atoms with van der Waals surface area (Å²) in [6.07, 6.45) is 10.9. The number of rotatable bonds is 20. The molecule has 14 nitrogen and oxygen atoms in total. The first-order valence-corrected chi connectivity index (χ1v) is 22.1. The van der Waals surface area contributed by atoms with Crippen LogP contribution in [0, 0.1) is 33.3 Å². The molecule has 1 amide bonds. The van der Waals surface area contributed by atoms with Crippen LogP contribution in [-0.2, 0) is 19.0 Å². The summed E-state index contributed by atoms with van der Waals surface area (Å²) in [7, 11) is 0. The van der Waals surface area contributed by atoms with Crippen LogP contribution in [0.3, 0.4) is 0 Å². The van der Waals surface area contributed by atoms with E-state index < -0.39 is 35.1 Å².